The molecule has 1 aromatic carbocycles. The molecule has 1 fully saturated rings. The normalized spacial score (nSPS) is 27.1. The molecular weight excluding hydrogens is 154 g/mol. The molecule has 0 aliphatic heterocycles. The Labute approximate surface area is 70.4 Å². The lowest BCUT2D eigenvalue weighted by atomic mass is 10.1. The number of aromatic hydroxyl groups is 2. The Balaban J connectivity index is 2.29. The maximum atomic E-state index is 9.17. The summed E-state index contributed by atoms with van der Waals surface area (Å²) in [6, 6.07) is 5.10. The van der Waals surface area contributed by atoms with Crippen LogP contribution >= 0.6 is 0 Å². The second-order valence-electron chi connectivity index (χ2n) is 3.25. The molecule has 1 aliphatic carbocycles. The molecular formula is C9H11NO2. The second-order valence-corrected chi connectivity index (χ2v) is 3.25. The Morgan fingerprint density at radius 2 is 1.92 bits per heavy atom. The number of phenolic OH excluding ortho intramolecular Hbond substituents is 2. The molecule has 12 heavy (non-hydrogen) atoms. The van der Waals surface area contributed by atoms with Crippen LogP contribution in [0.1, 0.15) is 17.9 Å². The Morgan fingerprint density at radius 1 is 1.25 bits per heavy atom. The molecule has 1 aliphatic rings. The van der Waals surface area contributed by atoms with Gasteiger partial charge in [-0.1, -0.05) is 6.07 Å². The van der Waals surface area contributed by atoms with Crippen molar-refractivity contribution in [2.45, 2.75) is 18.4 Å². The number of nitrogens with two attached hydrogens (primary N) is 1. The van der Waals surface area contributed by atoms with Crippen LogP contribution in [0, 0.1) is 0 Å². The van der Waals surface area contributed by atoms with Crippen LogP contribution in [0.4, 0.5) is 0 Å². The lowest BCUT2D eigenvalue weighted by Gasteiger charge is -2.01. The van der Waals surface area contributed by atoms with Crippen LogP contribution in [0.5, 0.6) is 11.5 Å². The smallest absolute Gasteiger partial charge is 0.157 e. The third kappa shape index (κ3) is 1.12. The van der Waals surface area contributed by atoms with Crippen molar-refractivity contribution in [2.75, 3.05) is 0 Å². The summed E-state index contributed by atoms with van der Waals surface area (Å²) in [5.41, 5.74) is 6.65. The summed E-state index contributed by atoms with van der Waals surface area (Å²) in [6.45, 7) is 0. The lowest BCUT2D eigenvalue weighted by Crippen LogP contribution is -2.00. The number of hydrogen-bond acceptors (Lipinski definition) is 3. The van der Waals surface area contributed by atoms with Gasteiger partial charge in [0.25, 0.3) is 0 Å². The molecule has 0 amide bonds. The van der Waals surface area contributed by atoms with Gasteiger partial charge < -0.3 is 15.9 Å². The van der Waals surface area contributed by atoms with E-state index in [4.69, 9.17) is 10.8 Å². The fourth-order valence-electron chi connectivity index (χ4n) is 1.37. The zero-order valence-corrected chi connectivity index (χ0v) is 6.57. The van der Waals surface area contributed by atoms with Crippen LogP contribution in [0.2, 0.25) is 0 Å². The van der Waals surface area contributed by atoms with Gasteiger partial charge in [0.05, 0.1) is 0 Å². The predicted molar refractivity (Wildman–Crippen MR) is 45.1 cm³/mol. The van der Waals surface area contributed by atoms with E-state index in [2.05, 4.69) is 0 Å². The van der Waals surface area contributed by atoms with Crippen LogP contribution in [0.15, 0.2) is 18.2 Å². The van der Waals surface area contributed by atoms with E-state index in [0.717, 1.165) is 12.0 Å². The van der Waals surface area contributed by atoms with Gasteiger partial charge in [0, 0.05) is 12.0 Å². The van der Waals surface area contributed by atoms with Gasteiger partial charge in [0.15, 0.2) is 11.5 Å². The minimum Gasteiger partial charge on any atom is -0.504 e. The first-order valence-corrected chi connectivity index (χ1v) is 3.96. The van der Waals surface area contributed by atoms with Crippen LogP contribution in [-0.4, -0.2) is 16.3 Å². The van der Waals surface area contributed by atoms with Gasteiger partial charge in [-0.3, -0.25) is 0 Å². The first kappa shape index (κ1) is 7.43. The van der Waals surface area contributed by atoms with Crippen molar-refractivity contribution in [1.29, 1.82) is 0 Å². The van der Waals surface area contributed by atoms with E-state index in [0.29, 0.717) is 5.92 Å². The largest absolute Gasteiger partial charge is 0.504 e. The van der Waals surface area contributed by atoms with E-state index >= 15 is 0 Å². The quantitative estimate of drug-likeness (QED) is 0.542. The molecule has 2 rings (SSSR count). The number of hydrogen-bond donors (Lipinski definition) is 3. The number of rotatable bonds is 1. The van der Waals surface area contributed by atoms with Crippen molar-refractivity contribution in [2.24, 2.45) is 5.73 Å². The van der Waals surface area contributed by atoms with Gasteiger partial charge in [-0.05, 0) is 24.1 Å². The van der Waals surface area contributed by atoms with Crippen molar-refractivity contribution in [3.63, 3.8) is 0 Å². The van der Waals surface area contributed by atoms with Gasteiger partial charge in [-0.2, -0.15) is 0 Å². The van der Waals surface area contributed by atoms with E-state index in [1.54, 1.807) is 12.1 Å². The fourth-order valence-corrected chi connectivity index (χ4v) is 1.37. The van der Waals surface area contributed by atoms with Gasteiger partial charge in [0.1, 0.15) is 0 Å². The van der Waals surface area contributed by atoms with Crippen molar-refractivity contribution >= 4 is 0 Å². The molecule has 1 saturated carbocycles. The SMILES string of the molecule is N[C@@H]1C[C@@H]1c1ccc(O)c(O)c1. The lowest BCUT2D eigenvalue weighted by molar-refractivity contribution is 0.403. The minimum absolute atomic E-state index is 0.0633. The van der Waals surface area contributed by atoms with Crippen LogP contribution in [-0.2, 0) is 0 Å². The molecule has 2 atom stereocenters. The second kappa shape index (κ2) is 2.38. The zero-order chi connectivity index (χ0) is 8.72. The summed E-state index contributed by atoms with van der Waals surface area (Å²) in [5.74, 6) is 0.232. The highest BCUT2D eigenvalue weighted by molar-refractivity contribution is 5.43. The summed E-state index contributed by atoms with van der Waals surface area (Å²) in [4.78, 5) is 0. The Morgan fingerprint density at radius 3 is 2.42 bits per heavy atom. The maximum absolute atomic E-state index is 9.17. The van der Waals surface area contributed by atoms with E-state index in [-0.39, 0.29) is 17.5 Å². The monoisotopic (exact) mass is 165 g/mol. The molecule has 3 heteroatoms. The van der Waals surface area contributed by atoms with E-state index < -0.39 is 0 Å². The molecule has 0 spiro atoms. The highest BCUT2D eigenvalue weighted by atomic mass is 16.3. The molecule has 64 valence electrons. The predicted octanol–water partition coefficient (Wildman–Crippen LogP) is 0.912. The fraction of sp³-hybridized carbons (Fsp3) is 0.333. The Bertz CT molecular complexity index is 311. The molecule has 0 saturated heterocycles. The van der Waals surface area contributed by atoms with E-state index in [1.165, 1.54) is 6.07 Å². The van der Waals surface area contributed by atoms with Crippen LogP contribution < -0.4 is 5.73 Å². The molecule has 0 radical (unpaired) electrons. The number of benzene rings is 1. The van der Waals surface area contributed by atoms with Crippen LogP contribution in [0.3, 0.4) is 0 Å². The highest BCUT2D eigenvalue weighted by Gasteiger charge is 2.34. The minimum atomic E-state index is -0.0760. The third-order valence-corrected chi connectivity index (χ3v) is 2.27. The summed E-state index contributed by atoms with van der Waals surface area (Å²) in [6.07, 6.45) is 0.976. The molecule has 1 aromatic rings. The first-order chi connectivity index (χ1) is 5.68. The molecule has 0 bridgehead atoms. The van der Waals surface area contributed by atoms with Crippen molar-refractivity contribution in [3.05, 3.63) is 23.8 Å². The first-order valence-electron chi connectivity index (χ1n) is 3.96. The number of phenols is 2. The Kier molecular flexibility index (Phi) is 1.48. The maximum Gasteiger partial charge on any atom is 0.157 e. The highest BCUT2D eigenvalue weighted by Crippen LogP contribution is 2.41. The summed E-state index contributed by atoms with van der Waals surface area (Å²) < 4.78 is 0. The van der Waals surface area contributed by atoms with Gasteiger partial charge in [0.2, 0.25) is 0 Å². The Hall–Kier alpha value is -1.22. The average Bonchev–Trinajstić information content (AvgIpc) is 2.73. The zero-order valence-electron chi connectivity index (χ0n) is 6.57. The summed E-state index contributed by atoms with van der Waals surface area (Å²) in [5, 5.41) is 18.2. The molecule has 0 aromatic heterocycles. The van der Waals surface area contributed by atoms with Crippen molar-refractivity contribution in [3.8, 4) is 11.5 Å². The van der Waals surface area contributed by atoms with E-state index in [1.807, 2.05) is 0 Å². The molecule has 3 nitrogen and oxygen atoms in total. The van der Waals surface area contributed by atoms with Crippen molar-refractivity contribution in [1.82, 2.24) is 0 Å². The van der Waals surface area contributed by atoms with Gasteiger partial charge in [-0.25, -0.2) is 0 Å². The third-order valence-electron chi connectivity index (χ3n) is 2.27. The van der Waals surface area contributed by atoms with Crippen LogP contribution in [0.25, 0.3) is 0 Å². The standard InChI is InChI=1S/C9H11NO2/c10-7-4-6(7)5-1-2-8(11)9(12)3-5/h1-3,6-7,11-12H,4,10H2/t6-,7-/m1/s1. The topological polar surface area (TPSA) is 66.5 Å². The van der Waals surface area contributed by atoms with Gasteiger partial charge in [-0.15, -0.1) is 0 Å². The molecule has 0 heterocycles. The van der Waals surface area contributed by atoms with E-state index in [9.17, 15) is 5.11 Å². The molecule has 4 N–H and O–H groups in total. The summed E-state index contributed by atoms with van der Waals surface area (Å²) >= 11 is 0. The van der Waals surface area contributed by atoms with Gasteiger partial charge >= 0.3 is 0 Å². The average molecular weight is 165 g/mol. The van der Waals surface area contributed by atoms with Crippen molar-refractivity contribution < 1.29 is 10.2 Å². The summed E-state index contributed by atoms with van der Waals surface area (Å²) in [7, 11) is 0. The molecule has 0 unspecified atom stereocenters.